The van der Waals surface area contributed by atoms with Gasteiger partial charge in [0.15, 0.2) is 0 Å². The van der Waals surface area contributed by atoms with Crippen LogP contribution < -0.4 is 16.8 Å². The molecule has 12 heteroatoms. The molecular formula is C45H53N9O3. The Kier molecular flexibility index (Phi) is 11.4. The normalized spacial score (nSPS) is 14.7. The second-order valence-electron chi connectivity index (χ2n) is 15.8. The lowest BCUT2D eigenvalue weighted by Gasteiger charge is -2.22. The summed E-state index contributed by atoms with van der Waals surface area (Å²) in [5, 5.41) is 3.06. The fourth-order valence-electron chi connectivity index (χ4n) is 7.38. The maximum atomic E-state index is 13.1. The molecule has 57 heavy (non-hydrogen) atoms. The van der Waals surface area contributed by atoms with Crippen molar-refractivity contribution in [3.63, 3.8) is 0 Å². The molecule has 0 radical (unpaired) electrons. The van der Waals surface area contributed by atoms with E-state index in [9.17, 15) is 14.4 Å². The number of primary amides is 2. The molecule has 0 aromatic carbocycles. The third-order valence-electron chi connectivity index (χ3n) is 11.6. The van der Waals surface area contributed by atoms with Gasteiger partial charge in [0.05, 0.1) is 39.9 Å². The predicted octanol–water partition coefficient (Wildman–Crippen LogP) is 7.05. The van der Waals surface area contributed by atoms with Crippen molar-refractivity contribution in [3.8, 4) is 0 Å². The number of amides is 3. The van der Waals surface area contributed by atoms with Crippen molar-refractivity contribution in [3.05, 3.63) is 113 Å². The quantitative estimate of drug-likeness (QED) is 0.0636. The summed E-state index contributed by atoms with van der Waals surface area (Å²) in [5.74, 6) is -0.983. The molecule has 8 bridgehead atoms. The van der Waals surface area contributed by atoms with E-state index in [0.717, 1.165) is 85.4 Å². The molecule has 2 unspecified atom stereocenters. The van der Waals surface area contributed by atoms with Crippen molar-refractivity contribution < 1.29 is 14.4 Å². The molecule has 12 nitrogen and oxygen atoms in total. The molecule has 2 aliphatic rings. The zero-order valence-corrected chi connectivity index (χ0v) is 33.8. The van der Waals surface area contributed by atoms with E-state index in [2.05, 4.69) is 33.4 Å². The Labute approximate surface area is 333 Å². The number of carbonyl (C=O) groups is 3. The number of aromatic amines is 2. The van der Waals surface area contributed by atoms with Crippen molar-refractivity contribution in [2.75, 3.05) is 6.54 Å². The van der Waals surface area contributed by atoms with Crippen LogP contribution in [0.5, 0.6) is 0 Å². The van der Waals surface area contributed by atoms with E-state index in [4.69, 9.17) is 21.4 Å². The molecule has 0 saturated heterocycles. The van der Waals surface area contributed by atoms with Crippen molar-refractivity contribution in [1.82, 2.24) is 34.8 Å². The summed E-state index contributed by atoms with van der Waals surface area (Å²) in [6.07, 6.45) is 12.9. The van der Waals surface area contributed by atoms with Crippen LogP contribution in [0.4, 0.5) is 0 Å². The molecule has 0 aliphatic carbocycles. The van der Waals surface area contributed by atoms with Gasteiger partial charge in [0.2, 0.25) is 17.7 Å². The third-order valence-corrected chi connectivity index (χ3v) is 11.6. The van der Waals surface area contributed by atoms with Gasteiger partial charge in [-0.05, 0) is 137 Å². The van der Waals surface area contributed by atoms with Crippen LogP contribution >= 0.6 is 0 Å². The summed E-state index contributed by atoms with van der Waals surface area (Å²) >= 11 is 0. The van der Waals surface area contributed by atoms with Gasteiger partial charge in [-0.3, -0.25) is 14.4 Å². The molecule has 6 rings (SSSR count). The van der Waals surface area contributed by atoms with E-state index in [1.54, 1.807) is 38.5 Å². The highest BCUT2D eigenvalue weighted by Gasteiger charge is 2.33. The van der Waals surface area contributed by atoms with Crippen LogP contribution in [-0.2, 0) is 33.8 Å². The Bertz CT molecular complexity index is 2520. The number of nitrogens with one attached hydrogen (secondary N) is 3. The number of H-pyrrole nitrogens is 2. The molecule has 2 aliphatic heterocycles. The van der Waals surface area contributed by atoms with E-state index in [-0.39, 0.29) is 12.3 Å². The molecule has 296 valence electrons. The molecule has 4 aromatic rings. The average Bonchev–Trinajstić information content (AvgIpc) is 3.99. The number of fused-ring (bicyclic) bond motifs is 8. The van der Waals surface area contributed by atoms with Gasteiger partial charge >= 0.3 is 0 Å². The first-order valence-corrected chi connectivity index (χ1v) is 19.3. The van der Waals surface area contributed by atoms with Gasteiger partial charge in [-0.1, -0.05) is 12.2 Å². The lowest BCUT2D eigenvalue weighted by Crippen LogP contribution is -2.34. The third kappa shape index (κ3) is 8.30. The van der Waals surface area contributed by atoms with Gasteiger partial charge in [0.25, 0.3) is 0 Å². The fourth-order valence-corrected chi connectivity index (χ4v) is 7.38. The largest absolute Gasteiger partial charge is 0.369 e. The van der Waals surface area contributed by atoms with Gasteiger partial charge in [-0.25, -0.2) is 15.0 Å². The summed E-state index contributed by atoms with van der Waals surface area (Å²) in [7, 11) is 0. The zero-order chi connectivity index (χ0) is 41.2. The monoisotopic (exact) mass is 767 g/mol. The predicted molar refractivity (Wildman–Crippen MR) is 228 cm³/mol. The highest BCUT2D eigenvalue weighted by molar-refractivity contribution is 5.96. The summed E-state index contributed by atoms with van der Waals surface area (Å²) < 4.78 is 1.99. The molecule has 0 fully saturated rings. The Morgan fingerprint density at radius 1 is 0.825 bits per heavy atom. The van der Waals surface area contributed by atoms with Crippen LogP contribution in [-0.4, -0.2) is 53.8 Å². The minimum atomic E-state index is -1.04. The summed E-state index contributed by atoms with van der Waals surface area (Å²) in [6, 6.07) is 8.02. The number of nitrogens with zero attached hydrogens (tertiary/aromatic N) is 4. The minimum Gasteiger partial charge on any atom is -0.369 e. The molecule has 2 atom stereocenters. The number of rotatable bonds is 15. The highest BCUT2D eigenvalue weighted by Crippen LogP contribution is 2.40. The SMILES string of the molecule is C=CC(C)(CC1=C(C)c2cc3[nH]c(cc4nc(cc5[nH]c(cc1n2)c(C)c5CCC(=O)NCCCn1ccnc1)C=C4C)c(C)c3CC(C)(C=C)C(N)=O)C(N)=O. The molecule has 0 spiro atoms. The van der Waals surface area contributed by atoms with Crippen molar-refractivity contribution in [2.45, 2.75) is 80.2 Å². The second kappa shape index (κ2) is 16.0. The summed E-state index contributed by atoms with van der Waals surface area (Å²) in [6.45, 7) is 20.9. The maximum Gasteiger partial charge on any atom is 0.227 e. The fraction of sp³-hybridized carbons (Fsp3) is 0.333. The van der Waals surface area contributed by atoms with E-state index < -0.39 is 22.6 Å². The van der Waals surface area contributed by atoms with Crippen LogP contribution in [0.1, 0.15) is 92.0 Å². The second-order valence-corrected chi connectivity index (χ2v) is 15.8. The number of allylic oxidation sites excluding steroid dienone is 3. The van der Waals surface area contributed by atoms with E-state index >= 15 is 0 Å². The molecule has 7 N–H and O–H groups in total. The number of hydrogen-bond donors (Lipinski definition) is 5. The van der Waals surface area contributed by atoms with Gasteiger partial charge in [0.1, 0.15) is 0 Å². The summed E-state index contributed by atoms with van der Waals surface area (Å²) in [5.41, 5.74) is 22.6. The molecule has 0 saturated carbocycles. The van der Waals surface area contributed by atoms with E-state index in [1.165, 1.54) is 0 Å². The van der Waals surface area contributed by atoms with Gasteiger partial charge in [-0.15, -0.1) is 13.2 Å². The van der Waals surface area contributed by atoms with Crippen LogP contribution in [0, 0.1) is 24.7 Å². The lowest BCUT2D eigenvalue weighted by molar-refractivity contribution is -0.125. The van der Waals surface area contributed by atoms with E-state index in [0.29, 0.717) is 37.2 Å². The first-order chi connectivity index (χ1) is 27.0. The van der Waals surface area contributed by atoms with Crippen molar-refractivity contribution in [1.29, 1.82) is 0 Å². The zero-order valence-electron chi connectivity index (χ0n) is 33.8. The van der Waals surface area contributed by atoms with Gasteiger partial charge in [-0.2, -0.15) is 0 Å². The Balaban J connectivity index is 1.54. The average molecular weight is 768 g/mol. The topological polar surface area (TPSA) is 190 Å². The molecule has 3 amide bonds. The Morgan fingerprint density at radius 2 is 1.44 bits per heavy atom. The van der Waals surface area contributed by atoms with Gasteiger partial charge < -0.3 is 31.3 Å². The number of aromatic nitrogens is 6. The minimum absolute atomic E-state index is 0.0228. The number of hydrogen-bond acceptors (Lipinski definition) is 6. The highest BCUT2D eigenvalue weighted by atomic mass is 16.2. The maximum absolute atomic E-state index is 13.1. The van der Waals surface area contributed by atoms with Crippen molar-refractivity contribution >= 4 is 62.6 Å². The Hall–Kier alpha value is -6.30. The lowest BCUT2D eigenvalue weighted by atomic mass is 9.81. The van der Waals surface area contributed by atoms with Crippen molar-refractivity contribution in [2.24, 2.45) is 22.3 Å². The Morgan fingerprint density at radius 3 is 2.07 bits per heavy atom. The summed E-state index contributed by atoms with van der Waals surface area (Å²) in [4.78, 5) is 60.1. The van der Waals surface area contributed by atoms with Crippen LogP contribution in [0.2, 0.25) is 0 Å². The smallest absolute Gasteiger partial charge is 0.227 e. The molecule has 4 aromatic heterocycles. The number of nitrogens with two attached hydrogens (primary N) is 2. The van der Waals surface area contributed by atoms with Crippen LogP contribution in [0.3, 0.4) is 0 Å². The van der Waals surface area contributed by atoms with Crippen LogP contribution in [0.25, 0.3) is 44.9 Å². The first-order valence-electron chi connectivity index (χ1n) is 19.3. The van der Waals surface area contributed by atoms with Crippen LogP contribution in [0.15, 0.2) is 68.3 Å². The first kappa shape index (κ1) is 40.4. The standard InChI is InChI=1S/C45H53N9O3/c1-9-44(7,42(46)56)23-32-28(5)35-20-34-26(3)18-30(50-34)19-38-31(12-13-41(55)49-14-11-16-54-17-15-48-25-54)27(4)36(51-38)21-39-33(24-45(8,10-2)43(47)57)29(6)37(53-39)22-40(32)52-35/h9-10,15,17-22,25,51-52H,1-2,11-14,16,23-24H2,3-8H3,(H2,46,56)(H2,47,57)(H,49,55). The number of aryl methyl sites for hydroxylation is 4. The molecule has 6 heterocycles. The number of carbonyl (C=O) groups excluding carboxylic acids is 3. The van der Waals surface area contributed by atoms with E-state index in [1.807, 2.05) is 68.8 Å². The number of imidazole rings is 1. The van der Waals surface area contributed by atoms with Gasteiger partial charge in [0, 0.05) is 54.0 Å². The molecular weight excluding hydrogens is 715 g/mol.